The number of rotatable bonds is 1. The van der Waals surface area contributed by atoms with Crippen molar-refractivity contribution >= 4 is 5.97 Å². The van der Waals surface area contributed by atoms with E-state index in [-0.39, 0.29) is 6.04 Å². The maximum Gasteiger partial charge on any atom is 0.384 e. The molecule has 0 bridgehead atoms. The van der Waals surface area contributed by atoms with Crippen LogP contribution in [0.2, 0.25) is 0 Å². The van der Waals surface area contributed by atoms with Crippen LogP contribution in [0.25, 0.3) is 0 Å². The van der Waals surface area contributed by atoms with Crippen molar-refractivity contribution in [1.29, 1.82) is 0 Å². The predicted octanol–water partition coefficient (Wildman–Crippen LogP) is 1.04. The quantitative estimate of drug-likeness (QED) is 0.355. The Morgan fingerprint density at radius 3 is 3.00 bits per heavy atom. The minimum atomic E-state index is -0.411. The van der Waals surface area contributed by atoms with Gasteiger partial charge in [-0.25, -0.2) is 4.79 Å². The van der Waals surface area contributed by atoms with Crippen LogP contribution in [0, 0.1) is 11.8 Å². The second-order valence-corrected chi connectivity index (χ2v) is 3.48. The minimum Gasteiger partial charge on any atom is -0.456 e. The first-order valence-electron chi connectivity index (χ1n) is 5.12. The zero-order chi connectivity index (χ0) is 10.4. The number of nitrogens with zero attached hydrogens (tertiary/aromatic N) is 1. The zero-order valence-corrected chi connectivity index (χ0v) is 8.88. The highest BCUT2D eigenvalue weighted by molar-refractivity contribution is 5.88. The monoisotopic (exact) mass is 195 g/mol. The molecule has 14 heavy (non-hydrogen) atoms. The molecule has 0 N–H and O–H groups in total. The lowest BCUT2D eigenvalue weighted by Crippen LogP contribution is -2.35. The standard InChI is InChI=1S/C11H17NO2/c1-3-14-11(13)8-7-10-6-4-5-9-12(10)2/h10H,3-6,9H2,1-2H3. The second-order valence-electron chi connectivity index (χ2n) is 3.48. The third kappa shape index (κ3) is 3.39. The number of likely N-dealkylation sites (tertiary alicyclic amines) is 1. The third-order valence-corrected chi connectivity index (χ3v) is 2.39. The molecule has 1 atom stereocenters. The van der Waals surface area contributed by atoms with Gasteiger partial charge in [0, 0.05) is 5.92 Å². The van der Waals surface area contributed by atoms with Gasteiger partial charge >= 0.3 is 5.97 Å². The number of esters is 1. The molecule has 0 radical (unpaired) electrons. The summed E-state index contributed by atoms with van der Waals surface area (Å²) < 4.78 is 4.74. The SMILES string of the molecule is CCOC(=O)C#CC1CCCCN1C. The number of hydrogen-bond acceptors (Lipinski definition) is 3. The Hall–Kier alpha value is -1.01. The zero-order valence-electron chi connectivity index (χ0n) is 8.88. The molecule has 1 rings (SSSR count). The molecule has 1 fully saturated rings. The summed E-state index contributed by atoms with van der Waals surface area (Å²) in [6, 6.07) is 0.230. The van der Waals surface area contributed by atoms with Crippen molar-refractivity contribution in [2.45, 2.75) is 32.2 Å². The first-order chi connectivity index (χ1) is 6.74. The van der Waals surface area contributed by atoms with Crippen molar-refractivity contribution in [2.24, 2.45) is 0 Å². The lowest BCUT2D eigenvalue weighted by Gasteiger charge is -2.28. The van der Waals surface area contributed by atoms with E-state index >= 15 is 0 Å². The maximum atomic E-state index is 11.0. The summed E-state index contributed by atoms with van der Waals surface area (Å²) in [5, 5.41) is 0. The van der Waals surface area contributed by atoms with Crippen LogP contribution in [0.4, 0.5) is 0 Å². The number of ether oxygens (including phenoxy) is 1. The number of hydrogen-bond donors (Lipinski definition) is 0. The van der Waals surface area contributed by atoms with Gasteiger partial charge in [-0.05, 0) is 39.8 Å². The van der Waals surface area contributed by atoms with Gasteiger partial charge < -0.3 is 4.74 Å². The topological polar surface area (TPSA) is 29.5 Å². The molecule has 0 amide bonds. The van der Waals surface area contributed by atoms with E-state index in [0.29, 0.717) is 6.61 Å². The van der Waals surface area contributed by atoms with Gasteiger partial charge in [-0.1, -0.05) is 5.92 Å². The molecular weight excluding hydrogens is 178 g/mol. The highest BCUT2D eigenvalue weighted by atomic mass is 16.5. The van der Waals surface area contributed by atoms with Gasteiger partial charge in [0.1, 0.15) is 0 Å². The highest BCUT2D eigenvalue weighted by Gasteiger charge is 2.16. The molecule has 3 nitrogen and oxygen atoms in total. The van der Waals surface area contributed by atoms with Crippen molar-refractivity contribution in [3.05, 3.63) is 0 Å². The van der Waals surface area contributed by atoms with E-state index in [4.69, 9.17) is 4.74 Å². The molecule has 1 aliphatic heterocycles. The Bertz CT molecular complexity index is 252. The van der Waals surface area contributed by atoms with Gasteiger partial charge in [0.25, 0.3) is 0 Å². The molecule has 1 unspecified atom stereocenters. The highest BCUT2D eigenvalue weighted by Crippen LogP contribution is 2.13. The number of carbonyl (C=O) groups is 1. The molecular formula is C11H17NO2. The van der Waals surface area contributed by atoms with Crippen molar-refractivity contribution < 1.29 is 9.53 Å². The Morgan fingerprint density at radius 1 is 1.57 bits per heavy atom. The van der Waals surface area contributed by atoms with Gasteiger partial charge in [-0.15, -0.1) is 0 Å². The molecule has 1 heterocycles. The van der Waals surface area contributed by atoms with E-state index in [2.05, 4.69) is 16.7 Å². The molecule has 0 aromatic rings. The molecule has 0 aliphatic carbocycles. The van der Waals surface area contributed by atoms with Crippen LogP contribution in [0.15, 0.2) is 0 Å². The van der Waals surface area contributed by atoms with Crippen LogP contribution in [0.5, 0.6) is 0 Å². The Morgan fingerprint density at radius 2 is 2.36 bits per heavy atom. The van der Waals surface area contributed by atoms with Crippen LogP contribution in [-0.2, 0) is 9.53 Å². The molecule has 1 aliphatic rings. The Balaban J connectivity index is 2.44. The van der Waals surface area contributed by atoms with Crippen LogP contribution in [0.3, 0.4) is 0 Å². The molecule has 0 saturated carbocycles. The fourth-order valence-corrected chi connectivity index (χ4v) is 1.57. The van der Waals surface area contributed by atoms with Crippen molar-refractivity contribution in [3.8, 4) is 11.8 Å². The third-order valence-electron chi connectivity index (χ3n) is 2.39. The van der Waals surface area contributed by atoms with Crippen LogP contribution >= 0.6 is 0 Å². The maximum absolute atomic E-state index is 11.0. The average Bonchev–Trinajstić information content (AvgIpc) is 2.17. The summed E-state index contributed by atoms with van der Waals surface area (Å²) in [7, 11) is 2.05. The van der Waals surface area contributed by atoms with E-state index in [1.807, 2.05) is 7.05 Å². The summed E-state index contributed by atoms with van der Waals surface area (Å²) in [4.78, 5) is 13.2. The molecule has 0 aromatic carbocycles. The minimum absolute atomic E-state index is 0.230. The number of piperidine rings is 1. The first kappa shape index (κ1) is 11.1. The van der Waals surface area contributed by atoms with Gasteiger partial charge in [-0.2, -0.15) is 0 Å². The molecule has 1 saturated heterocycles. The average molecular weight is 195 g/mol. The lowest BCUT2D eigenvalue weighted by atomic mass is 10.0. The van der Waals surface area contributed by atoms with Crippen molar-refractivity contribution in [3.63, 3.8) is 0 Å². The van der Waals surface area contributed by atoms with Gasteiger partial charge in [0.2, 0.25) is 0 Å². The number of carbonyl (C=O) groups excluding carboxylic acids is 1. The summed E-state index contributed by atoms with van der Waals surface area (Å²) in [6.45, 7) is 3.25. The summed E-state index contributed by atoms with van der Waals surface area (Å²) >= 11 is 0. The van der Waals surface area contributed by atoms with E-state index in [0.717, 1.165) is 13.0 Å². The van der Waals surface area contributed by atoms with Crippen LogP contribution in [0.1, 0.15) is 26.2 Å². The molecule has 78 valence electrons. The molecule has 0 aromatic heterocycles. The smallest absolute Gasteiger partial charge is 0.384 e. The summed E-state index contributed by atoms with van der Waals surface area (Å²) in [5.41, 5.74) is 0. The Kier molecular flexibility index (Phi) is 4.48. The Labute approximate surface area is 85.4 Å². The fourth-order valence-electron chi connectivity index (χ4n) is 1.57. The second kappa shape index (κ2) is 5.66. The van der Waals surface area contributed by atoms with E-state index < -0.39 is 5.97 Å². The van der Waals surface area contributed by atoms with E-state index in [1.54, 1.807) is 6.92 Å². The fraction of sp³-hybridized carbons (Fsp3) is 0.727. The summed E-state index contributed by atoms with van der Waals surface area (Å²) in [5.74, 6) is 5.08. The van der Waals surface area contributed by atoms with Gasteiger partial charge in [0.05, 0.1) is 12.6 Å². The van der Waals surface area contributed by atoms with E-state index in [1.165, 1.54) is 12.8 Å². The largest absolute Gasteiger partial charge is 0.456 e. The van der Waals surface area contributed by atoms with Crippen molar-refractivity contribution in [1.82, 2.24) is 4.90 Å². The lowest BCUT2D eigenvalue weighted by molar-refractivity contribution is -0.136. The van der Waals surface area contributed by atoms with Crippen LogP contribution in [-0.4, -0.2) is 37.1 Å². The predicted molar refractivity (Wildman–Crippen MR) is 54.7 cm³/mol. The molecule has 0 spiro atoms. The molecule has 3 heteroatoms. The van der Waals surface area contributed by atoms with E-state index in [9.17, 15) is 4.79 Å². The first-order valence-corrected chi connectivity index (χ1v) is 5.12. The van der Waals surface area contributed by atoms with Gasteiger partial charge in [0.15, 0.2) is 0 Å². The van der Waals surface area contributed by atoms with Crippen LogP contribution < -0.4 is 0 Å². The normalized spacial score (nSPS) is 22.3. The summed E-state index contributed by atoms with van der Waals surface area (Å²) in [6.07, 6.45) is 3.49. The van der Waals surface area contributed by atoms with Gasteiger partial charge in [-0.3, -0.25) is 4.90 Å². The van der Waals surface area contributed by atoms with Crippen molar-refractivity contribution in [2.75, 3.05) is 20.2 Å².